The van der Waals surface area contributed by atoms with Crippen LogP contribution in [0.1, 0.15) is 121 Å². The van der Waals surface area contributed by atoms with Gasteiger partial charge in [-0.2, -0.15) is 0 Å². The van der Waals surface area contributed by atoms with E-state index >= 15 is 0 Å². The van der Waals surface area contributed by atoms with Crippen LogP contribution in [0.5, 0.6) is 0 Å². The summed E-state index contributed by atoms with van der Waals surface area (Å²) in [6.45, 7) is 20.5. The van der Waals surface area contributed by atoms with Crippen molar-refractivity contribution in [2.24, 2.45) is 0 Å². The summed E-state index contributed by atoms with van der Waals surface area (Å²) in [6.07, 6.45) is 18.3. The molecular weight excluding hydrogens is 969 g/mol. The Labute approximate surface area is 451 Å². The maximum absolute atomic E-state index is 5.38. The second-order valence-electron chi connectivity index (χ2n) is 14.2. The Morgan fingerprint density at radius 3 is 0.957 bits per heavy atom. The third-order valence-electron chi connectivity index (χ3n) is 9.64. The Morgan fingerprint density at radius 1 is 0.357 bits per heavy atom. The minimum absolute atomic E-state index is 0.924. The van der Waals surface area contributed by atoms with E-state index in [0.717, 1.165) is 22.6 Å². The number of unbranched alkanes of at least 4 members (excludes halogenated alkanes) is 6. The van der Waals surface area contributed by atoms with Crippen molar-refractivity contribution in [2.75, 3.05) is 24.0 Å². The molecule has 4 heterocycles. The summed E-state index contributed by atoms with van der Waals surface area (Å²) >= 11 is 11.0. The van der Waals surface area contributed by atoms with E-state index < -0.39 is 0 Å². The van der Waals surface area contributed by atoms with Gasteiger partial charge in [0.1, 0.15) is 11.5 Å². The van der Waals surface area contributed by atoms with Crippen LogP contribution in [0.25, 0.3) is 43.5 Å². The lowest BCUT2D eigenvalue weighted by Gasteiger charge is -2.03. The van der Waals surface area contributed by atoms with E-state index in [1.54, 1.807) is 58.7 Å². The van der Waals surface area contributed by atoms with Crippen LogP contribution in [-0.4, -0.2) is 24.0 Å². The standard InChI is InChI=1S/C16H20OS.C16H20S2.C11H10OS.C11H10S2.4C2H6/c1-2-3-4-5-13-18-15-10-8-14(9-11-15)16-7-6-12-17-16;1-2-3-4-5-12-17-15-10-8-14(9-11-15)16-7-6-13-18-16;1-13-10-6-4-9(5-7-10)11-3-2-8-12-11;1-12-10-6-4-9(5-7-10)11-3-2-8-13-11;4*1-2/h6-12H,2-5,13H2,1H3;6-11,13H,2-5,12H2,1H3;2*2-8H,1H3;4*1-2H3. The van der Waals surface area contributed by atoms with Gasteiger partial charge in [0.05, 0.1) is 12.5 Å². The minimum Gasteiger partial charge on any atom is -0.464 e. The van der Waals surface area contributed by atoms with Gasteiger partial charge in [0.25, 0.3) is 0 Å². The van der Waals surface area contributed by atoms with Gasteiger partial charge in [0.2, 0.25) is 0 Å². The van der Waals surface area contributed by atoms with E-state index in [2.05, 4.69) is 158 Å². The fourth-order valence-electron chi connectivity index (χ4n) is 6.15. The number of rotatable bonds is 18. The maximum Gasteiger partial charge on any atom is 0.133 e. The number of thiophene rings is 2. The molecule has 2 nitrogen and oxygen atoms in total. The molecule has 0 unspecified atom stereocenters. The number of hydrogen-bond acceptors (Lipinski definition) is 8. The van der Waals surface area contributed by atoms with Gasteiger partial charge < -0.3 is 8.83 Å². The Morgan fingerprint density at radius 2 is 0.686 bits per heavy atom. The van der Waals surface area contributed by atoms with Gasteiger partial charge in [-0.05, 0) is 144 Å². The molecule has 0 spiro atoms. The average Bonchev–Trinajstić information content (AvgIpc) is 4.32. The van der Waals surface area contributed by atoms with Crippen LogP contribution in [0.2, 0.25) is 0 Å². The first kappa shape index (κ1) is 64.3. The lowest BCUT2D eigenvalue weighted by molar-refractivity contribution is 0.582. The lowest BCUT2D eigenvalue weighted by atomic mass is 10.2. The monoisotopic (exact) mass is 1050 g/mol. The molecular formula is C62H84O2S6. The summed E-state index contributed by atoms with van der Waals surface area (Å²) in [4.78, 5) is 8.03. The highest BCUT2D eigenvalue weighted by Gasteiger charge is 2.03. The molecule has 380 valence electrons. The highest BCUT2D eigenvalue weighted by molar-refractivity contribution is 7.99. The summed E-state index contributed by atoms with van der Waals surface area (Å²) in [5.41, 5.74) is 4.92. The van der Waals surface area contributed by atoms with Crippen LogP contribution in [0.15, 0.2) is 197 Å². The van der Waals surface area contributed by atoms with Crippen LogP contribution < -0.4 is 0 Å². The Kier molecular flexibility index (Phi) is 40.4. The second-order valence-corrected chi connectivity index (χ2v) is 20.2. The zero-order valence-corrected chi connectivity index (χ0v) is 49.4. The van der Waals surface area contributed by atoms with Crippen molar-refractivity contribution in [1.29, 1.82) is 0 Å². The van der Waals surface area contributed by atoms with E-state index in [9.17, 15) is 0 Å². The minimum atomic E-state index is 0.924. The molecule has 4 aromatic heterocycles. The van der Waals surface area contributed by atoms with E-state index in [-0.39, 0.29) is 0 Å². The van der Waals surface area contributed by atoms with Crippen molar-refractivity contribution >= 4 is 69.7 Å². The molecule has 0 N–H and O–H groups in total. The lowest BCUT2D eigenvalue weighted by Crippen LogP contribution is -1.81. The fourth-order valence-corrected chi connectivity index (χ4v) is 10.3. The zero-order chi connectivity index (χ0) is 51.5. The summed E-state index contributed by atoms with van der Waals surface area (Å²) in [6, 6.07) is 50.9. The third kappa shape index (κ3) is 26.6. The SMILES string of the molecule is CC.CC.CC.CC.CCCCCCSc1ccc(-c2ccco2)cc1.CCCCCCSc1ccc(-c2cccs2)cc1.CSc1ccc(-c2ccco2)cc1.CSc1ccc(-c2cccs2)cc1. The molecule has 0 aliphatic carbocycles. The smallest absolute Gasteiger partial charge is 0.133 e. The van der Waals surface area contributed by atoms with Crippen molar-refractivity contribution in [2.45, 2.75) is 140 Å². The normalized spacial score (nSPS) is 9.66. The highest BCUT2D eigenvalue weighted by atomic mass is 32.2. The van der Waals surface area contributed by atoms with Gasteiger partial charge in [0.15, 0.2) is 0 Å². The number of benzene rings is 4. The van der Waals surface area contributed by atoms with Gasteiger partial charge >= 0.3 is 0 Å². The van der Waals surface area contributed by atoms with Crippen LogP contribution in [-0.2, 0) is 0 Å². The molecule has 8 heteroatoms. The molecule has 0 aliphatic rings. The predicted molar refractivity (Wildman–Crippen MR) is 326 cm³/mol. The zero-order valence-electron chi connectivity index (χ0n) is 44.5. The molecule has 0 amide bonds. The first-order valence-corrected chi connectivity index (χ1v) is 31.7. The third-order valence-corrected chi connectivity index (χ3v) is 15.2. The van der Waals surface area contributed by atoms with Gasteiger partial charge in [-0.1, -0.05) is 168 Å². The molecule has 8 aromatic rings. The van der Waals surface area contributed by atoms with Gasteiger partial charge in [-0.25, -0.2) is 0 Å². The molecule has 8 rings (SSSR count). The Bertz CT molecular complexity index is 2080. The Hall–Kier alpha value is -3.76. The van der Waals surface area contributed by atoms with E-state index in [4.69, 9.17) is 8.83 Å². The second kappa shape index (κ2) is 44.0. The molecule has 0 saturated heterocycles. The van der Waals surface area contributed by atoms with E-state index in [0.29, 0.717) is 0 Å². The number of furan rings is 2. The van der Waals surface area contributed by atoms with E-state index in [1.165, 1.54) is 103 Å². The van der Waals surface area contributed by atoms with Gasteiger partial charge in [-0.15, -0.1) is 69.7 Å². The first-order chi connectivity index (χ1) is 34.6. The molecule has 0 bridgehead atoms. The van der Waals surface area contributed by atoms with Crippen molar-refractivity contribution in [3.8, 4) is 43.5 Å². The van der Waals surface area contributed by atoms with Crippen molar-refractivity contribution in [3.63, 3.8) is 0 Å². The maximum atomic E-state index is 5.38. The predicted octanol–water partition coefficient (Wildman–Crippen LogP) is 23.6. The number of hydrogen-bond donors (Lipinski definition) is 0. The fraction of sp³-hybridized carbons (Fsp3) is 0.355. The molecule has 0 radical (unpaired) electrons. The molecule has 70 heavy (non-hydrogen) atoms. The quantitative estimate of drug-likeness (QED) is 0.0628. The largest absolute Gasteiger partial charge is 0.464 e. The molecule has 0 saturated carbocycles. The topological polar surface area (TPSA) is 26.3 Å². The average molecular weight is 1050 g/mol. The van der Waals surface area contributed by atoms with Crippen molar-refractivity contribution in [3.05, 3.63) is 169 Å². The summed E-state index contributed by atoms with van der Waals surface area (Å²) in [5, 5.41) is 4.24. The Balaban J connectivity index is 0.000000448. The molecule has 4 aromatic carbocycles. The first-order valence-electron chi connectivity index (χ1n) is 25.5. The van der Waals surface area contributed by atoms with Crippen molar-refractivity contribution < 1.29 is 8.83 Å². The summed E-state index contributed by atoms with van der Waals surface area (Å²) in [5.74, 6) is 4.33. The van der Waals surface area contributed by atoms with Crippen LogP contribution in [0.4, 0.5) is 0 Å². The highest BCUT2D eigenvalue weighted by Crippen LogP contribution is 2.30. The molecule has 0 fully saturated rings. The van der Waals surface area contributed by atoms with Crippen LogP contribution in [0.3, 0.4) is 0 Å². The molecule has 0 aliphatic heterocycles. The van der Waals surface area contributed by atoms with Crippen LogP contribution >= 0.6 is 69.7 Å². The van der Waals surface area contributed by atoms with Crippen LogP contribution in [0, 0.1) is 0 Å². The number of thioether (sulfide) groups is 4. The van der Waals surface area contributed by atoms with Gasteiger partial charge in [0, 0.05) is 40.5 Å². The van der Waals surface area contributed by atoms with Gasteiger partial charge in [-0.3, -0.25) is 0 Å². The van der Waals surface area contributed by atoms with Crippen molar-refractivity contribution in [1.82, 2.24) is 0 Å². The summed E-state index contributed by atoms with van der Waals surface area (Å²) in [7, 11) is 0. The summed E-state index contributed by atoms with van der Waals surface area (Å²) < 4.78 is 10.7. The van der Waals surface area contributed by atoms with E-state index in [1.807, 2.05) is 103 Å². The molecule has 0 atom stereocenters.